The molecule has 0 fully saturated rings. The summed E-state index contributed by atoms with van der Waals surface area (Å²) in [6.45, 7) is 4.78. The van der Waals surface area contributed by atoms with Crippen LogP contribution >= 0.6 is 0 Å². The molecule has 0 aliphatic rings. The van der Waals surface area contributed by atoms with Gasteiger partial charge < -0.3 is 4.90 Å². The smallest absolute Gasteiger partial charge is 0.309 e. The molecule has 0 spiro atoms. The summed E-state index contributed by atoms with van der Waals surface area (Å²) in [6, 6.07) is 0. The predicted molar refractivity (Wildman–Crippen MR) is 37.1 cm³/mol. The van der Waals surface area contributed by atoms with Crippen LogP contribution in [0.3, 0.4) is 0 Å². The molecular weight excluding hydrogens is 98.4 g/mol. The second kappa shape index (κ2) is 6.73. The molecule has 0 bridgehead atoms. The van der Waals surface area contributed by atoms with Crippen LogP contribution in [0, 0.1) is 6.92 Å². The number of nitrogens with zero attached hydrogens (tertiary/aromatic N) is 1. The molecule has 0 atom stereocenters. The van der Waals surface area contributed by atoms with Gasteiger partial charge in [-0.2, -0.15) is 0 Å². The van der Waals surface area contributed by atoms with Crippen molar-refractivity contribution in [3.05, 3.63) is 6.92 Å². The second-order valence-corrected chi connectivity index (χ2v) is 1.66. The van der Waals surface area contributed by atoms with Crippen LogP contribution in [-0.4, -0.2) is 48.6 Å². The van der Waals surface area contributed by atoms with Gasteiger partial charge in [0.25, 0.3) is 0 Å². The molecule has 0 aromatic carbocycles. The third-order valence-electron chi connectivity index (χ3n) is 0.605. The third-order valence-corrected chi connectivity index (χ3v) is 0.605. The monoisotopic (exact) mass is 112 g/mol. The van der Waals surface area contributed by atoms with E-state index in [2.05, 4.69) is 11.8 Å². The van der Waals surface area contributed by atoms with Gasteiger partial charge in [0.15, 0.2) is 0 Å². The van der Waals surface area contributed by atoms with Crippen LogP contribution in [0.1, 0.15) is 6.42 Å². The lowest BCUT2D eigenvalue weighted by atomic mass is 10.5. The summed E-state index contributed by atoms with van der Waals surface area (Å²) in [5, 5.41) is 0. The van der Waals surface area contributed by atoms with Crippen molar-refractivity contribution in [3.63, 3.8) is 0 Å². The first-order valence-corrected chi connectivity index (χ1v) is 2.21. The molecule has 0 aliphatic carbocycles. The van der Waals surface area contributed by atoms with Crippen molar-refractivity contribution in [3.8, 4) is 0 Å². The van der Waals surface area contributed by atoms with E-state index in [9.17, 15) is 0 Å². The SMILES string of the molecule is [CH2]CCN(C)C.[MgH2]. The van der Waals surface area contributed by atoms with Crippen LogP contribution in [-0.2, 0) is 0 Å². The Labute approximate surface area is 62.2 Å². The molecule has 1 radical (unpaired) electrons. The molecule has 0 saturated carbocycles. The quantitative estimate of drug-likeness (QED) is 0.450. The van der Waals surface area contributed by atoms with Crippen molar-refractivity contribution in [1.82, 2.24) is 4.90 Å². The first kappa shape index (κ1) is 10.7. The molecule has 0 heterocycles. The van der Waals surface area contributed by atoms with E-state index in [1.54, 1.807) is 0 Å². The highest BCUT2D eigenvalue weighted by Crippen LogP contribution is 1.75. The standard InChI is InChI=1S/C5H12N.Mg.2H/c1-4-5-6(2)3;;;/h1,4-5H2,2-3H3;;;. The van der Waals surface area contributed by atoms with E-state index in [-0.39, 0.29) is 23.1 Å². The van der Waals surface area contributed by atoms with Crippen LogP contribution < -0.4 is 0 Å². The fraction of sp³-hybridized carbons (Fsp3) is 0.800. The predicted octanol–water partition coefficient (Wildman–Crippen LogP) is -0.144. The van der Waals surface area contributed by atoms with Gasteiger partial charge in [-0.15, -0.1) is 0 Å². The molecule has 2 heteroatoms. The summed E-state index contributed by atoms with van der Waals surface area (Å²) < 4.78 is 0. The lowest BCUT2D eigenvalue weighted by Crippen LogP contribution is -2.11. The zero-order valence-corrected chi connectivity index (χ0v) is 4.57. The van der Waals surface area contributed by atoms with E-state index in [0.717, 1.165) is 13.0 Å². The Kier molecular flexibility index (Phi) is 10.2. The molecule has 0 unspecified atom stereocenters. The maximum Gasteiger partial charge on any atom is 0.316 e. The Hall–Kier alpha value is 0.726. The summed E-state index contributed by atoms with van der Waals surface area (Å²) in [5.41, 5.74) is 0. The first-order chi connectivity index (χ1) is 2.77. The minimum Gasteiger partial charge on any atom is -0.309 e. The maximum absolute atomic E-state index is 3.68. The van der Waals surface area contributed by atoms with E-state index >= 15 is 0 Å². The molecule has 0 N–H and O–H groups in total. The zero-order chi connectivity index (χ0) is 4.99. The first-order valence-electron chi connectivity index (χ1n) is 2.21. The van der Waals surface area contributed by atoms with Crippen molar-refractivity contribution >= 4 is 23.1 Å². The molecule has 0 aliphatic heterocycles. The lowest BCUT2D eigenvalue weighted by molar-refractivity contribution is 0.416. The highest BCUT2D eigenvalue weighted by molar-refractivity contribution is 5.75. The average Bonchev–Trinajstić information content (AvgIpc) is 1.35. The fourth-order valence-corrected chi connectivity index (χ4v) is 0.316. The highest BCUT2D eigenvalue weighted by Gasteiger charge is 1.79. The molecular formula is C5H14MgN. The van der Waals surface area contributed by atoms with Gasteiger partial charge in [0.2, 0.25) is 0 Å². The van der Waals surface area contributed by atoms with Crippen molar-refractivity contribution in [2.75, 3.05) is 20.6 Å². The molecule has 41 valence electrons. The van der Waals surface area contributed by atoms with E-state index in [0.29, 0.717) is 0 Å². The summed E-state index contributed by atoms with van der Waals surface area (Å²) in [5.74, 6) is 0. The van der Waals surface area contributed by atoms with E-state index in [4.69, 9.17) is 0 Å². The number of hydrogen-bond donors (Lipinski definition) is 0. The molecule has 0 aromatic heterocycles. The largest absolute Gasteiger partial charge is 0.316 e. The lowest BCUT2D eigenvalue weighted by Gasteiger charge is -2.03. The van der Waals surface area contributed by atoms with Crippen LogP contribution in [0.2, 0.25) is 0 Å². The minimum atomic E-state index is 0. The van der Waals surface area contributed by atoms with Gasteiger partial charge in [0, 0.05) is 0 Å². The Morgan fingerprint density at radius 2 is 1.86 bits per heavy atom. The van der Waals surface area contributed by atoms with Crippen LogP contribution in [0.15, 0.2) is 0 Å². The third kappa shape index (κ3) is 10.8. The molecule has 0 rings (SSSR count). The van der Waals surface area contributed by atoms with Gasteiger partial charge >= 0.3 is 23.1 Å². The van der Waals surface area contributed by atoms with Crippen molar-refractivity contribution < 1.29 is 0 Å². The van der Waals surface area contributed by atoms with Gasteiger partial charge in [0.05, 0.1) is 0 Å². The normalized spacial score (nSPS) is 8.57. The summed E-state index contributed by atoms with van der Waals surface area (Å²) in [6.07, 6.45) is 1.01. The average molecular weight is 112 g/mol. The minimum absolute atomic E-state index is 0. The Balaban J connectivity index is 0. The van der Waals surface area contributed by atoms with Gasteiger partial charge in [0.1, 0.15) is 0 Å². The molecule has 0 saturated heterocycles. The van der Waals surface area contributed by atoms with Crippen molar-refractivity contribution in [2.24, 2.45) is 0 Å². The molecule has 0 aromatic rings. The molecule has 7 heavy (non-hydrogen) atoms. The van der Waals surface area contributed by atoms with Gasteiger partial charge in [-0.1, -0.05) is 6.92 Å². The second-order valence-electron chi connectivity index (χ2n) is 1.66. The Morgan fingerprint density at radius 3 is 1.86 bits per heavy atom. The Morgan fingerprint density at radius 1 is 1.43 bits per heavy atom. The van der Waals surface area contributed by atoms with Crippen LogP contribution in [0.4, 0.5) is 0 Å². The van der Waals surface area contributed by atoms with Gasteiger partial charge in [-0.3, -0.25) is 0 Å². The van der Waals surface area contributed by atoms with Crippen LogP contribution in [0.25, 0.3) is 0 Å². The van der Waals surface area contributed by atoms with Crippen molar-refractivity contribution in [2.45, 2.75) is 6.42 Å². The summed E-state index contributed by atoms with van der Waals surface area (Å²) >= 11 is 0. The zero-order valence-electron chi connectivity index (χ0n) is 4.57. The van der Waals surface area contributed by atoms with Crippen LogP contribution in [0.5, 0.6) is 0 Å². The molecule has 1 nitrogen and oxygen atoms in total. The number of hydrogen-bond acceptors (Lipinski definition) is 1. The maximum atomic E-state index is 3.68. The summed E-state index contributed by atoms with van der Waals surface area (Å²) in [4.78, 5) is 2.12. The van der Waals surface area contributed by atoms with Crippen molar-refractivity contribution in [1.29, 1.82) is 0 Å². The topological polar surface area (TPSA) is 3.24 Å². The van der Waals surface area contributed by atoms with Gasteiger partial charge in [-0.05, 0) is 27.1 Å². The summed E-state index contributed by atoms with van der Waals surface area (Å²) in [7, 11) is 4.09. The molecule has 0 amide bonds. The van der Waals surface area contributed by atoms with Gasteiger partial charge in [-0.25, -0.2) is 0 Å². The number of rotatable bonds is 2. The highest BCUT2D eigenvalue weighted by atomic mass is 24.3. The van der Waals surface area contributed by atoms with E-state index in [1.807, 2.05) is 14.1 Å². The fourth-order valence-electron chi connectivity index (χ4n) is 0.316. The Bertz CT molecular complexity index is 29.3. The van der Waals surface area contributed by atoms with E-state index in [1.165, 1.54) is 0 Å². The van der Waals surface area contributed by atoms with E-state index < -0.39 is 0 Å².